The van der Waals surface area contributed by atoms with Gasteiger partial charge in [-0.05, 0) is 0 Å². The summed E-state index contributed by atoms with van der Waals surface area (Å²) >= 11 is 7.78. The Morgan fingerprint density at radius 1 is 0.609 bits per heavy atom. The van der Waals surface area contributed by atoms with Crippen molar-refractivity contribution < 1.29 is 17.7 Å². The fourth-order valence-corrected chi connectivity index (χ4v) is 10.2. The Kier molecular flexibility index (Phi) is 2.97. The van der Waals surface area contributed by atoms with Crippen LogP contribution in [-0.2, 0) is 0 Å². The summed E-state index contributed by atoms with van der Waals surface area (Å²) < 4.78 is 12.4. The van der Waals surface area contributed by atoms with Crippen LogP contribution in [0.25, 0.3) is 0 Å². The van der Waals surface area contributed by atoms with Gasteiger partial charge in [0.1, 0.15) is 0 Å². The van der Waals surface area contributed by atoms with Crippen LogP contribution < -0.4 is 17.7 Å². The Labute approximate surface area is 149 Å². The number of fused-ring (bicyclic) bond motifs is 1. The summed E-state index contributed by atoms with van der Waals surface area (Å²) in [6.07, 6.45) is 7.63. The molecule has 2 aromatic heterocycles. The van der Waals surface area contributed by atoms with E-state index in [-0.39, 0.29) is 0 Å². The van der Waals surface area contributed by atoms with Gasteiger partial charge in [-0.1, -0.05) is 0 Å². The van der Waals surface area contributed by atoms with Crippen molar-refractivity contribution in [2.24, 2.45) is 0 Å². The summed E-state index contributed by atoms with van der Waals surface area (Å²) in [6, 6.07) is 19.2. The van der Waals surface area contributed by atoms with E-state index in [1.807, 2.05) is 94.1 Å². The molecule has 0 saturated heterocycles. The molecule has 3 heterocycles. The first-order valence-electron chi connectivity index (χ1n) is 7.04. The Hall–Kier alpha value is -1.49. The van der Waals surface area contributed by atoms with E-state index in [0.717, 1.165) is 0 Å². The third kappa shape index (κ3) is 1.98. The standard InChI is InChI=1S/C16H14Br2N2O2P/c17-23(18,19-11-5-1-6-12-19,20-13-7-2-8-14-20)21-15-9-3-4-10-16(15)22-23/h1-14H/q+1. The molecule has 0 N–H and O–H groups in total. The van der Waals surface area contributed by atoms with Gasteiger partial charge in [0.25, 0.3) is 0 Å². The molecule has 0 fully saturated rings. The van der Waals surface area contributed by atoms with Crippen molar-refractivity contribution in [3.05, 3.63) is 85.5 Å². The molecule has 4 nitrogen and oxygen atoms in total. The molecular formula is C16H14Br2N2O2P+. The minimum absolute atomic E-state index is 0.671. The van der Waals surface area contributed by atoms with Gasteiger partial charge in [-0.3, -0.25) is 0 Å². The van der Waals surface area contributed by atoms with Crippen LogP contribution in [0.3, 0.4) is 0 Å². The van der Waals surface area contributed by atoms with Crippen molar-refractivity contribution >= 4 is 35.1 Å². The van der Waals surface area contributed by atoms with E-state index in [0.29, 0.717) is 11.5 Å². The van der Waals surface area contributed by atoms with Crippen LogP contribution in [-0.4, -0.2) is 0 Å². The molecule has 0 aliphatic carbocycles. The predicted octanol–water partition coefficient (Wildman–Crippen LogP) is 4.50. The van der Waals surface area contributed by atoms with Gasteiger partial charge >= 0.3 is 150 Å². The number of pyridine rings is 2. The number of aromatic nitrogens is 2. The second kappa shape index (κ2) is 4.53. The maximum absolute atomic E-state index is 6.52. The van der Waals surface area contributed by atoms with Crippen molar-refractivity contribution in [3.8, 4) is 11.5 Å². The average molecular weight is 457 g/mol. The summed E-state index contributed by atoms with van der Waals surface area (Å²) in [5.41, 5.74) is 0. The van der Waals surface area contributed by atoms with E-state index in [2.05, 4.69) is 31.0 Å². The summed E-state index contributed by atoms with van der Waals surface area (Å²) in [5, 5.41) is 0. The molecule has 0 unspecified atom stereocenters. The van der Waals surface area contributed by atoms with Crippen LogP contribution in [0, 0.1) is 0 Å². The van der Waals surface area contributed by atoms with E-state index < -0.39 is 4.10 Å². The zero-order chi connectivity index (χ0) is 16.0. The quantitative estimate of drug-likeness (QED) is 0.531. The van der Waals surface area contributed by atoms with E-state index in [1.54, 1.807) is 0 Å². The van der Waals surface area contributed by atoms with Crippen molar-refractivity contribution in [1.29, 1.82) is 0 Å². The molecule has 0 atom stereocenters. The van der Waals surface area contributed by atoms with Crippen molar-refractivity contribution in [2.45, 2.75) is 0 Å². The molecule has 0 amide bonds. The molecule has 118 valence electrons. The van der Waals surface area contributed by atoms with E-state index in [9.17, 15) is 0 Å². The van der Waals surface area contributed by atoms with Gasteiger partial charge in [-0.25, -0.2) is 0 Å². The normalized spacial score (nSPS) is 22.2. The molecule has 3 aromatic rings. The Morgan fingerprint density at radius 3 is 1.39 bits per heavy atom. The van der Waals surface area contributed by atoms with Gasteiger partial charge < -0.3 is 0 Å². The van der Waals surface area contributed by atoms with Crippen LogP contribution in [0.15, 0.2) is 85.5 Å². The fourth-order valence-electron chi connectivity index (χ4n) is 2.65. The zero-order valence-corrected chi connectivity index (χ0v) is 16.1. The van der Waals surface area contributed by atoms with Crippen LogP contribution in [0.5, 0.6) is 11.5 Å². The number of halogens is 2. The fraction of sp³-hybridized carbons (Fsp3) is 0. The van der Waals surface area contributed by atoms with Crippen LogP contribution in [0.4, 0.5) is 0 Å². The number of benzene rings is 1. The Bertz CT molecular complexity index is 830. The molecule has 0 bridgehead atoms. The number of hydrogen-bond donors (Lipinski definition) is 0. The summed E-state index contributed by atoms with van der Waals surface area (Å²) in [7, 11) is 0. The molecule has 23 heavy (non-hydrogen) atoms. The maximum atomic E-state index is 6.52. The van der Waals surface area contributed by atoms with E-state index in [1.165, 1.54) is 0 Å². The first kappa shape index (κ1) is 15.1. The Balaban J connectivity index is 2.09. The van der Waals surface area contributed by atoms with Gasteiger partial charge in [-0.2, -0.15) is 0 Å². The van der Waals surface area contributed by atoms with Crippen molar-refractivity contribution in [3.63, 3.8) is 0 Å². The summed E-state index contributed by atoms with van der Waals surface area (Å²) in [6.45, 7) is 0. The monoisotopic (exact) mass is 455 g/mol. The second-order valence-electron chi connectivity index (χ2n) is 5.27. The second-order valence-corrected chi connectivity index (χ2v) is 21.1. The topological polar surface area (TPSA) is 26.2 Å². The third-order valence-electron chi connectivity index (χ3n) is 3.75. The number of hydrogen-bond acceptors (Lipinski definition) is 2. The Morgan fingerprint density at radius 2 is 1.00 bits per heavy atom. The van der Waals surface area contributed by atoms with Gasteiger partial charge in [-0.15, -0.1) is 0 Å². The van der Waals surface area contributed by atoms with Gasteiger partial charge in [0.05, 0.1) is 0 Å². The van der Waals surface area contributed by atoms with Crippen LogP contribution >= 0.6 is 35.1 Å². The predicted molar refractivity (Wildman–Crippen MR) is 96.5 cm³/mol. The molecule has 0 radical (unpaired) electrons. The summed E-state index contributed by atoms with van der Waals surface area (Å²) in [5.74, 6) is 1.34. The number of rotatable bonds is 2. The summed E-state index contributed by atoms with van der Waals surface area (Å²) in [4.78, 5) is 0. The van der Waals surface area contributed by atoms with Gasteiger partial charge in [0, 0.05) is 0 Å². The van der Waals surface area contributed by atoms with Crippen LogP contribution in [0.1, 0.15) is 0 Å². The SMILES string of the molecule is Br[P-]1(Br)([n+]2ccccc2)([n+]2ccccc2)Oc2ccccc2O1. The van der Waals surface area contributed by atoms with E-state index in [4.69, 9.17) is 9.05 Å². The molecule has 0 spiro atoms. The van der Waals surface area contributed by atoms with Gasteiger partial charge in [0.15, 0.2) is 0 Å². The molecule has 0 saturated carbocycles. The first-order valence-corrected chi connectivity index (χ1v) is 13.5. The average Bonchev–Trinajstić information content (AvgIpc) is 2.88. The van der Waals surface area contributed by atoms with Gasteiger partial charge in [0.2, 0.25) is 0 Å². The zero-order valence-electron chi connectivity index (χ0n) is 12.0. The minimum atomic E-state index is -4.47. The molecule has 1 aliphatic heterocycles. The van der Waals surface area contributed by atoms with Crippen LogP contribution in [0.2, 0.25) is 0 Å². The molecule has 7 heteroatoms. The van der Waals surface area contributed by atoms with E-state index >= 15 is 0 Å². The first-order chi connectivity index (χ1) is 11.0. The molecule has 1 aliphatic rings. The number of para-hydroxylation sites is 2. The van der Waals surface area contributed by atoms with Crippen molar-refractivity contribution in [1.82, 2.24) is 0 Å². The number of nitrogens with zero attached hydrogens (tertiary/aromatic N) is 2. The molecular weight excluding hydrogens is 443 g/mol. The third-order valence-corrected chi connectivity index (χ3v) is 13.4. The molecule has 4 rings (SSSR count). The molecule has 1 aromatic carbocycles. The van der Waals surface area contributed by atoms with Crippen molar-refractivity contribution in [2.75, 3.05) is 0 Å².